The number of nitriles is 1. The Morgan fingerprint density at radius 2 is 1.87 bits per heavy atom. The molecule has 1 N–H and O–H groups in total. The van der Waals surface area contributed by atoms with E-state index in [9.17, 15) is 4.79 Å². The summed E-state index contributed by atoms with van der Waals surface area (Å²) in [7, 11) is 0. The minimum Gasteiger partial charge on any atom is -0.460 e. The molecule has 4 nitrogen and oxygen atoms in total. The first-order valence-electron chi connectivity index (χ1n) is 9.65. The highest BCUT2D eigenvalue weighted by atomic mass is 35.5. The maximum atomic E-state index is 12.3. The van der Waals surface area contributed by atoms with Crippen LogP contribution in [0.5, 0.6) is 0 Å². The molecular formula is C25H19ClN2O2. The maximum Gasteiger partial charge on any atom is 0.251 e. The van der Waals surface area contributed by atoms with Crippen LogP contribution < -0.4 is 5.32 Å². The summed E-state index contributed by atoms with van der Waals surface area (Å²) in [6.45, 7) is 0.334. The lowest BCUT2D eigenvalue weighted by molar-refractivity contribution is 0.0954. The Morgan fingerprint density at radius 1 is 1.03 bits per heavy atom. The van der Waals surface area contributed by atoms with Gasteiger partial charge in [0.15, 0.2) is 0 Å². The van der Waals surface area contributed by atoms with Gasteiger partial charge < -0.3 is 9.73 Å². The second-order valence-electron chi connectivity index (χ2n) is 6.99. The molecule has 30 heavy (non-hydrogen) atoms. The van der Waals surface area contributed by atoms with E-state index in [1.165, 1.54) is 0 Å². The Morgan fingerprint density at radius 3 is 2.70 bits per heavy atom. The van der Waals surface area contributed by atoms with Crippen LogP contribution in [-0.2, 0) is 6.42 Å². The third-order valence-electron chi connectivity index (χ3n) is 4.82. The Labute approximate surface area is 179 Å². The number of rotatable bonds is 6. The normalized spacial score (nSPS) is 10.7. The average molecular weight is 415 g/mol. The second kappa shape index (κ2) is 8.86. The van der Waals surface area contributed by atoms with Crippen molar-refractivity contribution in [1.29, 1.82) is 5.26 Å². The zero-order valence-corrected chi connectivity index (χ0v) is 16.9. The first kappa shape index (κ1) is 19.8. The largest absolute Gasteiger partial charge is 0.460 e. The summed E-state index contributed by atoms with van der Waals surface area (Å²) in [5.41, 5.74) is 4.25. The van der Waals surface area contributed by atoms with Gasteiger partial charge in [-0.25, -0.2) is 0 Å². The summed E-state index contributed by atoms with van der Waals surface area (Å²) in [6.07, 6.45) is 0.933. The van der Waals surface area contributed by atoms with Crippen LogP contribution in [0.25, 0.3) is 22.1 Å². The highest BCUT2D eigenvalue weighted by Crippen LogP contribution is 2.32. The molecule has 1 heterocycles. The molecule has 5 heteroatoms. The monoisotopic (exact) mass is 414 g/mol. The van der Waals surface area contributed by atoms with Gasteiger partial charge in [0.1, 0.15) is 11.3 Å². The first-order valence-corrected chi connectivity index (χ1v) is 10.0. The number of halogens is 1. The van der Waals surface area contributed by atoms with Crippen LogP contribution in [0.1, 0.15) is 28.1 Å². The van der Waals surface area contributed by atoms with Crippen LogP contribution in [0.15, 0.2) is 77.2 Å². The van der Waals surface area contributed by atoms with Gasteiger partial charge >= 0.3 is 0 Å². The summed E-state index contributed by atoms with van der Waals surface area (Å²) in [4.78, 5) is 12.3. The third kappa shape index (κ3) is 4.37. The van der Waals surface area contributed by atoms with E-state index in [4.69, 9.17) is 21.3 Å². The van der Waals surface area contributed by atoms with Crippen molar-refractivity contribution in [3.63, 3.8) is 0 Å². The second-order valence-corrected chi connectivity index (χ2v) is 7.42. The number of nitrogens with zero attached hydrogens (tertiary/aromatic N) is 1. The van der Waals surface area contributed by atoms with Gasteiger partial charge in [-0.15, -0.1) is 0 Å². The fourth-order valence-electron chi connectivity index (χ4n) is 3.44. The molecule has 0 atom stereocenters. The lowest BCUT2D eigenvalue weighted by atomic mass is 10.0. The molecule has 0 aliphatic rings. The first-order chi connectivity index (χ1) is 14.6. The molecule has 148 valence electrons. The van der Waals surface area contributed by atoms with Crippen molar-refractivity contribution in [3.05, 3.63) is 94.7 Å². The van der Waals surface area contributed by atoms with Crippen LogP contribution in [0.3, 0.4) is 0 Å². The number of nitrogens with one attached hydrogen (secondary N) is 1. The van der Waals surface area contributed by atoms with Crippen molar-refractivity contribution < 1.29 is 9.21 Å². The predicted molar refractivity (Wildman–Crippen MR) is 118 cm³/mol. The SMILES string of the molecule is N#CCCNC(=O)c1cccc(-c2cccc3cc(Cc4cccc(Cl)c4)oc23)c1. The number of furan rings is 1. The molecule has 0 aliphatic heterocycles. The van der Waals surface area contributed by atoms with E-state index in [0.717, 1.165) is 33.4 Å². The lowest BCUT2D eigenvalue weighted by Crippen LogP contribution is -2.24. The van der Waals surface area contributed by atoms with Gasteiger partial charge in [0.2, 0.25) is 0 Å². The number of fused-ring (bicyclic) bond motifs is 1. The standard InChI is InChI=1S/C25H19ClN2O2/c26-21-9-1-5-17(13-21)14-22-16-19-7-3-10-23(24(19)30-22)18-6-2-8-20(15-18)25(29)28-12-4-11-27/h1-3,5-10,13,15-16H,4,12,14H2,(H,28,29). The van der Waals surface area contributed by atoms with E-state index in [-0.39, 0.29) is 12.3 Å². The summed E-state index contributed by atoms with van der Waals surface area (Å²) in [5, 5.41) is 13.1. The molecular weight excluding hydrogens is 396 g/mol. The van der Waals surface area contributed by atoms with Crippen LogP contribution in [-0.4, -0.2) is 12.5 Å². The zero-order chi connectivity index (χ0) is 20.9. The molecule has 4 aromatic rings. The third-order valence-corrected chi connectivity index (χ3v) is 5.06. The van der Waals surface area contributed by atoms with Gasteiger partial charge in [0.25, 0.3) is 5.91 Å². The number of hydrogen-bond acceptors (Lipinski definition) is 3. The number of benzene rings is 3. The number of carbonyl (C=O) groups is 1. The smallest absolute Gasteiger partial charge is 0.251 e. The van der Waals surface area contributed by atoms with Crippen molar-refractivity contribution >= 4 is 28.5 Å². The van der Waals surface area contributed by atoms with Crippen molar-refractivity contribution in [3.8, 4) is 17.2 Å². The van der Waals surface area contributed by atoms with Crippen molar-refractivity contribution in [2.24, 2.45) is 0 Å². The summed E-state index contributed by atoms with van der Waals surface area (Å²) in [5.74, 6) is 0.658. The molecule has 0 unspecified atom stereocenters. The Hall–Kier alpha value is -3.55. The van der Waals surface area contributed by atoms with Crippen LogP contribution in [0.2, 0.25) is 5.02 Å². The quantitative estimate of drug-likeness (QED) is 0.394. The fraction of sp³-hybridized carbons (Fsp3) is 0.120. The molecule has 0 fully saturated rings. The van der Waals surface area contributed by atoms with Gasteiger partial charge in [-0.3, -0.25) is 4.79 Å². The minimum absolute atomic E-state index is 0.194. The molecule has 0 saturated carbocycles. The van der Waals surface area contributed by atoms with Gasteiger partial charge in [-0.2, -0.15) is 5.26 Å². The highest BCUT2D eigenvalue weighted by molar-refractivity contribution is 6.30. The Kier molecular flexibility index (Phi) is 5.83. The van der Waals surface area contributed by atoms with Gasteiger partial charge in [0, 0.05) is 34.5 Å². The van der Waals surface area contributed by atoms with Crippen LogP contribution >= 0.6 is 11.6 Å². The molecule has 0 aliphatic carbocycles. The number of carbonyl (C=O) groups excluding carboxylic acids is 1. The van der Waals surface area contributed by atoms with Crippen molar-refractivity contribution in [2.45, 2.75) is 12.8 Å². The van der Waals surface area contributed by atoms with Crippen molar-refractivity contribution in [2.75, 3.05) is 6.54 Å². The van der Waals surface area contributed by atoms with Gasteiger partial charge in [0.05, 0.1) is 12.5 Å². The summed E-state index contributed by atoms with van der Waals surface area (Å²) in [6, 6.07) is 25.2. The van der Waals surface area contributed by atoms with Crippen molar-refractivity contribution in [1.82, 2.24) is 5.32 Å². The molecule has 0 saturated heterocycles. The molecule has 3 aromatic carbocycles. The molecule has 4 rings (SSSR count). The van der Waals surface area contributed by atoms with Crippen LogP contribution in [0, 0.1) is 11.3 Å². The predicted octanol–water partition coefficient (Wildman–Crippen LogP) is 5.99. The number of hydrogen-bond donors (Lipinski definition) is 1. The zero-order valence-electron chi connectivity index (χ0n) is 16.2. The fourth-order valence-corrected chi connectivity index (χ4v) is 3.65. The molecule has 1 aromatic heterocycles. The Balaban J connectivity index is 1.65. The summed E-state index contributed by atoms with van der Waals surface area (Å²) >= 11 is 6.10. The van der Waals surface area contributed by atoms with E-state index in [1.54, 1.807) is 6.07 Å². The van der Waals surface area contributed by atoms with E-state index < -0.39 is 0 Å². The number of para-hydroxylation sites is 1. The highest BCUT2D eigenvalue weighted by Gasteiger charge is 2.13. The number of amides is 1. The maximum absolute atomic E-state index is 12.3. The van der Waals surface area contributed by atoms with E-state index in [1.807, 2.05) is 72.8 Å². The van der Waals surface area contributed by atoms with E-state index >= 15 is 0 Å². The minimum atomic E-state index is -0.194. The van der Waals surface area contributed by atoms with Crippen LogP contribution in [0.4, 0.5) is 0 Å². The Bertz CT molecular complexity index is 1250. The molecule has 0 radical (unpaired) electrons. The summed E-state index contributed by atoms with van der Waals surface area (Å²) < 4.78 is 6.20. The lowest BCUT2D eigenvalue weighted by Gasteiger charge is -2.07. The topological polar surface area (TPSA) is 66.0 Å². The molecule has 0 bridgehead atoms. The van der Waals surface area contributed by atoms with E-state index in [0.29, 0.717) is 23.6 Å². The van der Waals surface area contributed by atoms with Gasteiger partial charge in [-0.05, 0) is 41.5 Å². The average Bonchev–Trinajstić information content (AvgIpc) is 3.16. The molecule has 1 amide bonds. The molecule has 0 spiro atoms. The van der Waals surface area contributed by atoms with Gasteiger partial charge in [-0.1, -0.05) is 54.1 Å². The van der Waals surface area contributed by atoms with E-state index in [2.05, 4.69) is 5.32 Å².